The van der Waals surface area contributed by atoms with Crippen molar-refractivity contribution in [2.75, 3.05) is 6.61 Å². The third kappa shape index (κ3) is 2.24. The van der Waals surface area contributed by atoms with Crippen LogP contribution < -0.4 is 0 Å². The first-order valence-corrected chi connectivity index (χ1v) is 5.56. The number of aromatic amines is 1. The normalized spacial score (nSPS) is 10.6. The topological polar surface area (TPSA) is 42.1 Å². The van der Waals surface area contributed by atoms with Crippen LogP contribution in [0.3, 0.4) is 0 Å². The number of esters is 1. The second-order valence-corrected chi connectivity index (χ2v) is 3.76. The molecule has 3 heteroatoms. The summed E-state index contributed by atoms with van der Waals surface area (Å²) in [6.45, 7) is 2.56. The smallest absolute Gasteiger partial charge is 0.354 e. The Bertz CT molecular complexity index is 454. The quantitative estimate of drug-likeness (QED) is 0.631. The number of rotatable bonds is 4. The van der Waals surface area contributed by atoms with Crippen molar-refractivity contribution >= 4 is 16.9 Å². The lowest BCUT2D eigenvalue weighted by atomic mass is 10.2. The van der Waals surface area contributed by atoms with Gasteiger partial charge < -0.3 is 9.72 Å². The molecule has 16 heavy (non-hydrogen) atoms. The molecule has 0 radical (unpaired) electrons. The van der Waals surface area contributed by atoms with Crippen LogP contribution in [0.5, 0.6) is 0 Å². The molecule has 2 rings (SSSR count). The summed E-state index contributed by atoms with van der Waals surface area (Å²) < 4.78 is 5.13. The Hall–Kier alpha value is -1.77. The number of aromatic nitrogens is 1. The molecule has 0 aliphatic carbocycles. The Balaban J connectivity index is 2.11. The minimum Gasteiger partial charge on any atom is -0.461 e. The third-order valence-electron chi connectivity index (χ3n) is 2.48. The lowest BCUT2D eigenvalue weighted by Crippen LogP contribution is -2.06. The molecule has 0 unspecified atom stereocenters. The Kier molecular flexibility index (Phi) is 3.25. The van der Waals surface area contributed by atoms with Crippen molar-refractivity contribution < 1.29 is 9.53 Å². The van der Waals surface area contributed by atoms with Crippen LogP contribution >= 0.6 is 0 Å². The first-order chi connectivity index (χ1) is 7.81. The number of nitrogens with one attached hydrogen (secondary N) is 1. The van der Waals surface area contributed by atoms with E-state index >= 15 is 0 Å². The summed E-state index contributed by atoms with van der Waals surface area (Å²) in [7, 11) is 0. The van der Waals surface area contributed by atoms with Gasteiger partial charge in [0.05, 0.1) is 6.61 Å². The zero-order valence-corrected chi connectivity index (χ0v) is 9.32. The second-order valence-electron chi connectivity index (χ2n) is 3.76. The molecule has 1 heterocycles. The molecule has 0 atom stereocenters. The van der Waals surface area contributed by atoms with E-state index in [2.05, 4.69) is 11.9 Å². The number of ether oxygens (including phenoxy) is 1. The first-order valence-electron chi connectivity index (χ1n) is 5.56. The number of hydrogen-bond acceptors (Lipinski definition) is 2. The summed E-state index contributed by atoms with van der Waals surface area (Å²) in [5, 5.41) is 1.03. The fourth-order valence-corrected chi connectivity index (χ4v) is 1.57. The van der Waals surface area contributed by atoms with Gasteiger partial charge in [-0.3, -0.25) is 0 Å². The van der Waals surface area contributed by atoms with Crippen molar-refractivity contribution in [3.05, 3.63) is 36.0 Å². The van der Waals surface area contributed by atoms with E-state index in [-0.39, 0.29) is 5.97 Å². The van der Waals surface area contributed by atoms with Crippen LogP contribution in [0.2, 0.25) is 0 Å². The molecule has 2 aromatic rings. The van der Waals surface area contributed by atoms with Gasteiger partial charge >= 0.3 is 5.97 Å². The lowest BCUT2D eigenvalue weighted by Gasteiger charge is -2.00. The summed E-state index contributed by atoms with van der Waals surface area (Å²) in [4.78, 5) is 14.7. The molecule has 84 valence electrons. The average molecular weight is 217 g/mol. The van der Waals surface area contributed by atoms with Gasteiger partial charge in [-0.1, -0.05) is 31.5 Å². The Morgan fingerprint density at radius 2 is 2.19 bits per heavy atom. The van der Waals surface area contributed by atoms with Gasteiger partial charge in [-0.25, -0.2) is 4.79 Å². The standard InChI is InChI=1S/C13H15NO2/c1-2-3-8-16-13(15)12-9-10-6-4-5-7-11(10)14-12/h4-7,9,14H,2-3,8H2,1H3. The van der Waals surface area contributed by atoms with Crippen molar-refractivity contribution in [3.8, 4) is 0 Å². The first kappa shape index (κ1) is 10.7. The van der Waals surface area contributed by atoms with Crippen molar-refractivity contribution in [1.82, 2.24) is 4.98 Å². The van der Waals surface area contributed by atoms with Gasteiger partial charge in [-0.15, -0.1) is 0 Å². The molecule has 0 aliphatic rings. The number of para-hydroxylation sites is 1. The van der Waals surface area contributed by atoms with E-state index in [9.17, 15) is 4.79 Å². The van der Waals surface area contributed by atoms with Crippen LogP contribution in [0, 0.1) is 0 Å². The molecule has 0 bridgehead atoms. The highest BCUT2D eigenvalue weighted by molar-refractivity contribution is 5.94. The van der Waals surface area contributed by atoms with Gasteiger partial charge in [0.25, 0.3) is 0 Å². The van der Waals surface area contributed by atoms with Crippen LogP contribution in [0.15, 0.2) is 30.3 Å². The van der Waals surface area contributed by atoms with Crippen LogP contribution in [-0.2, 0) is 4.74 Å². The molecule has 1 N–H and O–H groups in total. The minimum atomic E-state index is -0.273. The molecule has 0 spiro atoms. The summed E-state index contributed by atoms with van der Waals surface area (Å²) in [5.41, 5.74) is 1.49. The SMILES string of the molecule is CCCCOC(=O)c1cc2ccccc2[nH]1. The molecule has 0 saturated carbocycles. The van der Waals surface area contributed by atoms with E-state index in [1.807, 2.05) is 30.3 Å². The van der Waals surface area contributed by atoms with E-state index < -0.39 is 0 Å². The molecular formula is C13H15NO2. The van der Waals surface area contributed by atoms with Crippen molar-refractivity contribution in [1.29, 1.82) is 0 Å². The highest BCUT2D eigenvalue weighted by Crippen LogP contribution is 2.15. The summed E-state index contributed by atoms with van der Waals surface area (Å²) in [6, 6.07) is 9.61. The van der Waals surface area contributed by atoms with Gasteiger partial charge in [0, 0.05) is 10.9 Å². The van der Waals surface area contributed by atoms with E-state index in [0.717, 1.165) is 23.7 Å². The largest absolute Gasteiger partial charge is 0.461 e. The highest BCUT2D eigenvalue weighted by atomic mass is 16.5. The van der Waals surface area contributed by atoms with Gasteiger partial charge in [-0.05, 0) is 18.6 Å². The van der Waals surface area contributed by atoms with Gasteiger partial charge in [0.1, 0.15) is 5.69 Å². The number of carbonyl (C=O) groups is 1. The summed E-state index contributed by atoms with van der Waals surface area (Å²) in [6.07, 6.45) is 1.94. The zero-order chi connectivity index (χ0) is 11.4. The number of unbranched alkanes of at least 4 members (excludes halogenated alkanes) is 1. The zero-order valence-electron chi connectivity index (χ0n) is 9.32. The number of fused-ring (bicyclic) bond motifs is 1. The molecule has 1 aromatic heterocycles. The molecule has 0 saturated heterocycles. The lowest BCUT2D eigenvalue weighted by molar-refractivity contribution is 0.0494. The fourth-order valence-electron chi connectivity index (χ4n) is 1.57. The van der Waals surface area contributed by atoms with E-state index in [1.165, 1.54) is 0 Å². The predicted octanol–water partition coefficient (Wildman–Crippen LogP) is 3.12. The monoisotopic (exact) mass is 217 g/mol. The molecule has 1 aromatic carbocycles. The number of benzene rings is 1. The van der Waals surface area contributed by atoms with Crippen LogP contribution in [0.1, 0.15) is 30.3 Å². The molecule has 0 fully saturated rings. The molecule has 0 amide bonds. The number of H-pyrrole nitrogens is 1. The van der Waals surface area contributed by atoms with E-state index in [0.29, 0.717) is 12.3 Å². The summed E-state index contributed by atoms with van der Waals surface area (Å²) >= 11 is 0. The molecule has 3 nitrogen and oxygen atoms in total. The van der Waals surface area contributed by atoms with E-state index in [4.69, 9.17) is 4.74 Å². The Morgan fingerprint density at radius 3 is 2.94 bits per heavy atom. The van der Waals surface area contributed by atoms with Gasteiger partial charge in [0.2, 0.25) is 0 Å². The Morgan fingerprint density at radius 1 is 1.38 bits per heavy atom. The maximum absolute atomic E-state index is 11.6. The molecular weight excluding hydrogens is 202 g/mol. The van der Waals surface area contributed by atoms with Gasteiger partial charge in [0.15, 0.2) is 0 Å². The average Bonchev–Trinajstić information content (AvgIpc) is 2.73. The van der Waals surface area contributed by atoms with Crippen LogP contribution in [0.25, 0.3) is 10.9 Å². The Labute approximate surface area is 94.4 Å². The minimum absolute atomic E-state index is 0.273. The van der Waals surface area contributed by atoms with Crippen molar-refractivity contribution in [3.63, 3.8) is 0 Å². The maximum atomic E-state index is 11.6. The second kappa shape index (κ2) is 4.84. The van der Waals surface area contributed by atoms with Crippen LogP contribution in [-0.4, -0.2) is 17.6 Å². The van der Waals surface area contributed by atoms with Crippen LogP contribution in [0.4, 0.5) is 0 Å². The molecule has 0 aliphatic heterocycles. The van der Waals surface area contributed by atoms with Crippen molar-refractivity contribution in [2.24, 2.45) is 0 Å². The highest BCUT2D eigenvalue weighted by Gasteiger charge is 2.09. The number of hydrogen-bond donors (Lipinski definition) is 1. The fraction of sp³-hybridized carbons (Fsp3) is 0.308. The maximum Gasteiger partial charge on any atom is 0.354 e. The van der Waals surface area contributed by atoms with Crippen molar-refractivity contribution in [2.45, 2.75) is 19.8 Å². The third-order valence-corrected chi connectivity index (χ3v) is 2.48. The summed E-state index contributed by atoms with van der Waals surface area (Å²) in [5.74, 6) is -0.273. The number of carbonyl (C=O) groups excluding carboxylic acids is 1. The van der Waals surface area contributed by atoms with E-state index in [1.54, 1.807) is 0 Å². The predicted molar refractivity (Wildman–Crippen MR) is 63.5 cm³/mol. The van der Waals surface area contributed by atoms with Gasteiger partial charge in [-0.2, -0.15) is 0 Å².